The van der Waals surface area contributed by atoms with Crippen molar-refractivity contribution in [3.8, 4) is 0 Å². The van der Waals surface area contributed by atoms with Crippen molar-refractivity contribution >= 4 is 16.0 Å². The molecule has 3 atom stereocenters. The van der Waals surface area contributed by atoms with E-state index < -0.39 is 21.9 Å². The van der Waals surface area contributed by atoms with Crippen LogP contribution in [0.4, 0.5) is 0 Å². The molecule has 2 rings (SSSR count). The third-order valence-corrected chi connectivity index (χ3v) is 6.14. The Morgan fingerprint density at radius 1 is 1.22 bits per heavy atom. The molecule has 6 heteroatoms. The second kappa shape index (κ2) is 5.17. The van der Waals surface area contributed by atoms with E-state index in [1.54, 1.807) is 0 Å². The summed E-state index contributed by atoms with van der Waals surface area (Å²) >= 11 is 0. The standard InChI is InChI=1S/C12H21NO4S/c1-9-7-13(18(16,17)8-9)11-6-4-2-3-5-10(11)12(14)15/h9-11H,2-8H2,1H3,(H,14,15). The smallest absolute Gasteiger partial charge is 0.308 e. The predicted molar refractivity (Wildman–Crippen MR) is 67.7 cm³/mol. The second-order valence-electron chi connectivity index (χ2n) is 5.60. The first-order valence-electron chi connectivity index (χ1n) is 6.64. The number of hydrogen-bond donors (Lipinski definition) is 1. The molecule has 1 N–H and O–H groups in total. The van der Waals surface area contributed by atoms with Crippen LogP contribution in [0.1, 0.15) is 39.0 Å². The van der Waals surface area contributed by atoms with Gasteiger partial charge >= 0.3 is 5.97 Å². The van der Waals surface area contributed by atoms with Gasteiger partial charge in [-0.1, -0.05) is 26.2 Å². The summed E-state index contributed by atoms with van der Waals surface area (Å²) in [5.41, 5.74) is 0. The molecule has 0 amide bonds. The summed E-state index contributed by atoms with van der Waals surface area (Å²) in [5.74, 6) is -1.12. The zero-order valence-electron chi connectivity index (χ0n) is 10.7. The van der Waals surface area contributed by atoms with Crippen LogP contribution >= 0.6 is 0 Å². The minimum Gasteiger partial charge on any atom is -0.481 e. The lowest BCUT2D eigenvalue weighted by Gasteiger charge is -2.29. The van der Waals surface area contributed by atoms with Crippen molar-refractivity contribution in [1.82, 2.24) is 4.31 Å². The van der Waals surface area contributed by atoms with Crippen LogP contribution in [0, 0.1) is 11.8 Å². The van der Waals surface area contributed by atoms with Gasteiger partial charge in [0.05, 0.1) is 11.7 Å². The van der Waals surface area contributed by atoms with Crippen LogP contribution in [0.3, 0.4) is 0 Å². The van der Waals surface area contributed by atoms with Crippen molar-refractivity contribution in [1.29, 1.82) is 0 Å². The number of carboxylic acids is 1. The third-order valence-electron chi connectivity index (χ3n) is 4.01. The number of sulfonamides is 1. The molecule has 5 nitrogen and oxygen atoms in total. The maximum Gasteiger partial charge on any atom is 0.308 e. The van der Waals surface area contributed by atoms with Crippen LogP contribution in [0.2, 0.25) is 0 Å². The van der Waals surface area contributed by atoms with Gasteiger partial charge in [-0.3, -0.25) is 4.79 Å². The van der Waals surface area contributed by atoms with E-state index in [0.29, 0.717) is 19.4 Å². The number of nitrogens with zero attached hydrogens (tertiary/aromatic N) is 1. The topological polar surface area (TPSA) is 74.7 Å². The molecule has 104 valence electrons. The fourth-order valence-electron chi connectivity index (χ4n) is 3.19. The number of hydrogen-bond acceptors (Lipinski definition) is 3. The van der Waals surface area contributed by atoms with E-state index in [4.69, 9.17) is 0 Å². The van der Waals surface area contributed by atoms with E-state index in [1.165, 1.54) is 4.31 Å². The quantitative estimate of drug-likeness (QED) is 0.771. The average molecular weight is 275 g/mol. The molecule has 2 fully saturated rings. The van der Waals surface area contributed by atoms with Gasteiger partial charge < -0.3 is 5.11 Å². The van der Waals surface area contributed by atoms with Crippen LogP contribution < -0.4 is 0 Å². The zero-order valence-corrected chi connectivity index (χ0v) is 11.5. The lowest BCUT2D eigenvalue weighted by atomic mass is 9.94. The van der Waals surface area contributed by atoms with Gasteiger partial charge in [0.2, 0.25) is 10.0 Å². The molecule has 0 aromatic carbocycles. The second-order valence-corrected chi connectivity index (χ2v) is 7.57. The largest absolute Gasteiger partial charge is 0.481 e. The third kappa shape index (κ3) is 2.69. The van der Waals surface area contributed by atoms with Crippen molar-refractivity contribution in [2.75, 3.05) is 12.3 Å². The fourth-order valence-corrected chi connectivity index (χ4v) is 5.35. The van der Waals surface area contributed by atoms with Gasteiger partial charge in [-0.15, -0.1) is 0 Å². The highest BCUT2D eigenvalue weighted by atomic mass is 32.2. The zero-order chi connectivity index (χ0) is 13.3. The van der Waals surface area contributed by atoms with Crippen molar-refractivity contribution in [3.63, 3.8) is 0 Å². The van der Waals surface area contributed by atoms with Crippen LogP contribution in [-0.4, -0.2) is 42.1 Å². The highest BCUT2D eigenvalue weighted by Gasteiger charge is 2.43. The maximum atomic E-state index is 12.1. The van der Waals surface area contributed by atoms with Crippen LogP contribution in [-0.2, 0) is 14.8 Å². The van der Waals surface area contributed by atoms with Gasteiger partial charge in [-0.25, -0.2) is 8.42 Å². The minimum absolute atomic E-state index is 0.104. The molecule has 1 saturated carbocycles. The Kier molecular flexibility index (Phi) is 3.96. The van der Waals surface area contributed by atoms with E-state index >= 15 is 0 Å². The molecule has 0 aromatic heterocycles. The predicted octanol–water partition coefficient (Wildman–Crippen LogP) is 1.30. The van der Waals surface area contributed by atoms with Crippen LogP contribution in [0.5, 0.6) is 0 Å². The number of carboxylic acid groups (broad SMARTS) is 1. The van der Waals surface area contributed by atoms with Gasteiger partial charge in [0.25, 0.3) is 0 Å². The molecular formula is C12H21NO4S. The Hall–Kier alpha value is -0.620. The van der Waals surface area contributed by atoms with Gasteiger partial charge in [0.1, 0.15) is 0 Å². The maximum absolute atomic E-state index is 12.1. The molecule has 0 aromatic rings. The Labute approximate surface area is 108 Å². The molecular weight excluding hydrogens is 254 g/mol. The van der Waals surface area contributed by atoms with E-state index in [1.807, 2.05) is 6.92 Å². The Bertz CT molecular complexity index is 420. The monoisotopic (exact) mass is 275 g/mol. The summed E-state index contributed by atoms with van der Waals surface area (Å²) < 4.78 is 25.6. The van der Waals surface area contributed by atoms with Crippen molar-refractivity contribution in [3.05, 3.63) is 0 Å². The van der Waals surface area contributed by atoms with Crippen molar-refractivity contribution in [2.24, 2.45) is 11.8 Å². The summed E-state index contributed by atoms with van der Waals surface area (Å²) in [6.07, 6.45) is 4.10. The first kappa shape index (κ1) is 13.8. The molecule has 1 saturated heterocycles. The number of aliphatic carboxylic acids is 1. The summed E-state index contributed by atoms with van der Waals surface area (Å²) in [7, 11) is -3.25. The minimum atomic E-state index is -3.25. The summed E-state index contributed by atoms with van der Waals surface area (Å²) in [6, 6.07) is -0.333. The Morgan fingerprint density at radius 3 is 2.44 bits per heavy atom. The molecule has 0 spiro atoms. The molecule has 0 radical (unpaired) electrons. The molecule has 1 aliphatic carbocycles. The molecule has 3 unspecified atom stereocenters. The highest BCUT2D eigenvalue weighted by molar-refractivity contribution is 7.89. The summed E-state index contributed by atoms with van der Waals surface area (Å²) in [4.78, 5) is 11.3. The first-order chi connectivity index (χ1) is 8.42. The number of rotatable bonds is 2. The van der Waals surface area contributed by atoms with E-state index in [9.17, 15) is 18.3 Å². The molecule has 1 heterocycles. The van der Waals surface area contributed by atoms with Gasteiger partial charge in [0, 0.05) is 12.6 Å². The molecule has 0 bridgehead atoms. The van der Waals surface area contributed by atoms with Crippen LogP contribution in [0.15, 0.2) is 0 Å². The molecule has 1 aliphatic heterocycles. The Morgan fingerprint density at radius 2 is 1.89 bits per heavy atom. The van der Waals surface area contributed by atoms with Gasteiger partial charge in [-0.2, -0.15) is 4.31 Å². The van der Waals surface area contributed by atoms with Gasteiger partial charge in [0.15, 0.2) is 0 Å². The van der Waals surface area contributed by atoms with Crippen molar-refractivity contribution < 1.29 is 18.3 Å². The summed E-state index contributed by atoms with van der Waals surface area (Å²) in [6.45, 7) is 2.39. The Balaban J connectivity index is 2.25. The van der Waals surface area contributed by atoms with Crippen molar-refractivity contribution in [2.45, 2.75) is 45.1 Å². The lowest BCUT2D eigenvalue weighted by Crippen LogP contribution is -2.44. The lowest BCUT2D eigenvalue weighted by molar-refractivity contribution is -0.143. The normalized spacial score (nSPS) is 37.3. The molecule has 18 heavy (non-hydrogen) atoms. The highest BCUT2D eigenvalue weighted by Crippen LogP contribution is 2.33. The first-order valence-corrected chi connectivity index (χ1v) is 8.25. The average Bonchev–Trinajstić information content (AvgIpc) is 2.47. The number of carbonyl (C=O) groups is 1. The molecule has 2 aliphatic rings. The summed E-state index contributed by atoms with van der Waals surface area (Å²) in [5, 5.41) is 9.31. The van der Waals surface area contributed by atoms with E-state index in [0.717, 1.165) is 19.3 Å². The van der Waals surface area contributed by atoms with E-state index in [-0.39, 0.29) is 17.7 Å². The van der Waals surface area contributed by atoms with E-state index in [2.05, 4.69) is 0 Å². The van der Waals surface area contributed by atoms with Gasteiger partial charge in [-0.05, 0) is 18.8 Å². The fraction of sp³-hybridized carbons (Fsp3) is 0.917. The van der Waals surface area contributed by atoms with Crippen LogP contribution in [0.25, 0.3) is 0 Å². The SMILES string of the molecule is CC1CN(C2CCCCCC2C(=O)O)S(=O)(=O)C1.